The van der Waals surface area contributed by atoms with E-state index in [9.17, 15) is 25.5 Å². The van der Waals surface area contributed by atoms with Gasteiger partial charge in [-0.15, -0.1) is 0 Å². The fraction of sp³-hybridized carbons (Fsp3) is 0.400. The molecule has 0 aliphatic carbocycles. The Bertz CT molecular complexity index is 1060. The topological polar surface area (TPSA) is 151 Å². The Labute approximate surface area is 170 Å². The van der Waals surface area contributed by atoms with Crippen molar-refractivity contribution in [3.63, 3.8) is 0 Å². The number of ether oxygens (including phenoxy) is 4. The molecule has 3 aromatic rings. The number of furan rings is 1. The number of rotatable bonds is 5. The van der Waals surface area contributed by atoms with Gasteiger partial charge in [0, 0.05) is 10.8 Å². The third-order valence-corrected chi connectivity index (χ3v) is 5.16. The fourth-order valence-electron chi connectivity index (χ4n) is 3.57. The number of aliphatic hydroxyl groups is 4. The number of aromatic hydroxyl groups is 1. The minimum absolute atomic E-state index is 0.0827. The third-order valence-electron chi connectivity index (χ3n) is 5.16. The van der Waals surface area contributed by atoms with Gasteiger partial charge in [0.05, 0.1) is 20.8 Å². The Morgan fingerprint density at radius 1 is 0.933 bits per heavy atom. The normalized spacial score (nSPS) is 26.8. The van der Waals surface area contributed by atoms with Crippen LogP contribution in [0.5, 0.6) is 23.0 Å². The van der Waals surface area contributed by atoms with Crippen LogP contribution < -0.4 is 14.2 Å². The zero-order valence-corrected chi connectivity index (χ0v) is 16.2. The quantitative estimate of drug-likeness (QED) is 0.393. The summed E-state index contributed by atoms with van der Waals surface area (Å²) in [5.41, 5.74) is 0.533. The van der Waals surface area contributed by atoms with E-state index in [0.717, 1.165) is 0 Å². The summed E-state index contributed by atoms with van der Waals surface area (Å²) in [6.07, 6.45) is -7.11. The third kappa shape index (κ3) is 3.09. The highest BCUT2D eigenvalue weighted by Crippen LogP contribution is 2.47. The predicted molar refractivity (Wildman–Crippen MR) is 103 cm³/mol. The second kappa shape index (κ2) is 7.82. The molecule has 162 valence electrons. The maximum absolute atomic E-state index is 10.3. The molecule has 5 N–H and O–H groups in total. The number of methoxy groups -OCH3 is 2. The Hall–Kier alpha value is -2.76. The summed E-state index contributed by atoms with van der Waals surface area (Å²) in [6.45, 7) is -0.573. The van der Waals surface area contributed by atoms with Crippen molar-refractivity contribution >= 4 is 21.9 Å². The van der Waals surface area contributed by atoms with Gasteiger partial charge in [0.2, 0.25) is 17.8 Å². The minimum Gasteiger partial charge on any atom is -0.502 e. The average molecular weight is 422 g/mol. The lowest BCUT2D eigenvalue weighted by atomic mass is 9.99. The first-order valence-corrected chi connectivity index (χ1v) is 9.17. The number of benzene rings is 2. The largest absolute Gasteiger partial charge is 0.502 e. The highest BCUT2D eigenvalue weighted by atomic mass is 16.7. The molecular weight excluding hydrogens is 400 g/mol. The Morgan fingerprint density at radius 2 is 1.70 bits per heavy atom. The van der Waals surface area contributed by atoms with Crippen LogP contribution in [0.15, 0.2) is 28.7 Å². The van der Waals surface area contributed by atoms with E-state index in [4.69, 9.17) is 23.4 Å². The SMILES string of the molecule is COc1cc2c(oc3c(O[C@@H]4O[C@H](CO)[C@@H](O)[C@H](O)[C@H]4O)cccc32)c(OC)c1O. The van der Waals surface area contributed by atoms with Crippen LogP contribution in [0.2, 0.25) is 0 Å². The van der Waals surface area contributed by atoms with Crippen LogP contribution in [0.25, 0.3) is 21.9 Å². The maximum atomic E-state index is 10.3. The van der Waals surface area contributed by atoms with E-state index in [1.165, 1.54) is 14.2 Å². The van der Waals surface area contributed by atoms with Crippen molar-refractivity contribution in [1.29, 1.82) is 0 Å². The molecular formula is C20H22O10. The van der Waals surface area contributed by atoms with Gasteiger partial charge in [-0.25, -0.2) is 0 Å². The molecule has 1 aliphatic rings. The number of phenolic OH excluding ortho intramolecular Hbond substituents is 1. The van der Waals surface area contributed by atoms with Crippen molar-refractivity contribution in [1.82, 2.24) is 0 Å². The van der Waals surface area contributed by atoms with E-state index in [1.54, 1.807) is 24.3 Å². The molecule has 10 heteroatoms. The molecule has 1 aliphatic heterocycles. The minimum atomic E-state index is -1.57. The van der Waals surface area contributed by atoms with E-state index < -0.39 is 37.3 Å². The summed E-state index contributed by atoms with van der Waals surface area (Å²) in [6, 6.07) is 6.60. The van der Waals surface area contributed by atoms with Crippen molar-refractivity contribution < 1.29 is 48.9 Å². The van der Waals surface area contributed by atoms with Gasteiger partial charge in [0.25, 0.3) is 0 Å². The molecule has 0 unspecified atom stereocenters. The van der Waals surface area contributed by atoms with E-state index >= 15 is 0 Å². The van der Waals surface area contributed by atoms with Gasteiger partial charge in [-0.05, 0) is 12.1 Å². The summed E-state index contributed by atoms with van der Waals surface area (Å²) in [7, 11) is 2.79. The molecule has 0 saturated carbocycles. The zero-order valence-electron chi connectivity index (χ0n) is 16.2. The lowest BCUT2D eigenvalue weighted by Gasteiger charge is -2.39. The lowest BCUT2D eigenvalue weighted by Crippen LogP contribution is -2.60. The Balaban J connectivity index is 1.80. The van der Waals surface area contributed by atoms with Crippen molar-refractivity contribution in [2.75, 3.05) is 20.8 Å². The first kappa shape index (κ1) is 20.5. The Morgan fingerprint density at radius 3 is 2.37 bits per heavy atom. The number of hydrogen-bond acceptors (Lipinski definition) is 10. The van der Waals surface area contributed by atoms with Crippen molar-refractivity contribution in [2.45, 2.75) is 30.7 Å². The molecule has 0 radical (unpaired) electrons. The van der Waals surface area contributed by atoms with Gasteiger partial charge >= 0.3 is 0 Å². The molecule has 2 aromatic carbocycles. The monoisotopic (exact) mass is 422 g/mol. The van der Waals surface area contributed by atoms with Crippen molar-refractivity contribution in [3.05, 3.63) is 24.3 Å². The van der Waals surface area contributed by atoms with Gasteiger partial charge < -0.3 is 48.9 Å². The van der Waals surface area contributed by atoms with E-state index in [-0.39, 0.29) is 34.2 Å². The Kier molecular flexibility index (Phi) is 5.35. The lowest BCUT2D eigenvalue weighted by molar-refractivity contribution is -0.277. The van der Waals surface area contributed by atoms with Gasteiger partial charge in [0.15, 0.2) is 22.7 Å². The number of hydrogen-bond donors (Lipinski definition) is 5. The standard InChI is InChI=1S/C20H22O10/c1-26-11-6-9-8-4-3-5-10(17(8)30-18(9)19(27-2)14(11)23)28-20-16(25)15(24)13(22)12(7-21)29-20/h3-6,12-13,15-16,20-25H,7H2,1-2H3/t12-,13-,15+,16-,20-/m1/s1. The van der Waals surface area contributed by atoms with Crippen molar-refractivity contribution in [3.8, 4) is 23.0 Å². The van der Waals surface area contributed by atoms with E-state index in [2.05, 4.69) is 0 Å². The summed E-state index contributed by atoms with van der Waals surface area (Å²) in [4.78, 5) is 0. The van der Waals surface area contributed by atoms with Gasteiger partial charge in [-0.3, -0.25) is 0 Å². The van der Waals surface area contributed by atoms with Gasteiger partial charge in [0.1, 0.15) is 24.4 Å². The number of para-hydroxylation sites is 1. The summed E-state index contributed by atoms with van der Waals surface area (Å²) >= 11 is 0. The van der Waals surface area contributed by atoms with Crippen LogP contribution in [0.3, 0.4) is 0 Å². The van der Waals surface area contributed by atoms with Crippen LogP contribution in [-0.4, -0.2) is 77.1 Å². The highest BCUT2D eigenvalue weighted by Gasteiger charge is 2.45. The zero-order chi connectivity index (χ0) is 21.6. The molecule has 2 heterocycles. The van der Waals surface area contributed by atoms with Gasteiger partial charge in [-0.1, -0.05) is 12.1 Å². The molecule has 30 heavy (non-hydrogen) atoms. The smallest absolute Gasteiger partial charge is 0.229 e. The van der Waals surface area contributed by atoms with Crippen LogP contribution in [0.1, 0.15) is 0 Å². The van der Waals surface area contributed by atoms with Crippen LogP contribution in [-0.2, 0) is 4.74 Å². The second-order valence-corrected chi connectivity index (χ2v) is 6.89. The molecule has 4 rings (SSSR count). The molecule has 0 spiro atoms. The second-order valence-electron chi connectivity index (χ2n) is 6.89. The molecule has 1 saturated heterocycles. The van der Waals surface area contributed by atoms with E-state index in [0.29, 0.717) is 10.8 Å². The molecule has 10 nitrogen and oxygen atoms in total. The van der Waals surface area contributed by atoms with Gasteiger partial charge in [-0.2, -0.15) is 0 Å². The first-order chi connectivity index (χ1) is 14.4. The van der Waals surface area contributed by atoms with Crippen LogP contribution >= 0.6 is 0 Å². The number of aliphatic hydroxyl groups excluding tert-OH is 4. The van der Waals surface area contributed by atoms with Crippen molar-refractivity contribution in [2.24, 2.45) is 0 Å². The fourth-order valence-corrected chi connectivity index (χ4v) is 3.57. The molecule has 0 amide bonds. The molecule has 1 aromatic heterocycles. The maximum Gasteiger partial charge on any atom is 0.229 e. The highest BCUT2D eigenvalue weighted by molar-refractivity contribution is 6.10. The van der Waals surface area contributed by atoms with Crippen LogP contribution in [0, 0.1) is 0 Å². The average Bonchev–Trinajstić information content (AvgIpc) is 3.12. The molecule has 5 atom stereocenters. The first-order valence-electron chi connectivity index (χ1n) is 9.17. The number of fused-ring (bicyclic) bond motifs is 3. The van der Waals surface area contributed by atoms with Crippen LogP contribution in [0.4, 0.5) is 0 Å². The summed E-state index contributed by atoms with van der Waals surface area (Å²) in [5, 5.41) is 51.0. The molecule has 1 fully saturated rings. The summed E-state index contributed by atoms with van der Waals surface area (Å²) in [5.74, 6) is 0.234. The predicted octanol–water partition coefficient (Wildman–Crippen LogP) is 0.487. The number of phenols is 1. The molecule has 0 bridgehead atoms. The van der Waals surface area contributed by atoms with E-state index in [1.807, 2.05) is 0 Å². The summed E-state index contributed by atoms with van der Waals surface area (Å²) < 4.78 is 27.5.